The van der Waals surface area contributed by atoms with Crippen LogP contribution in [0.5, 0.6) is 5.75 Å². The van der Waals surface area contributed by atoms with Crippen LogP contribution in [0.25, 0.3) is 5.57 Å². The molecule has 0 aliphatic heterocycles. The molecule has 1 amide bonds. The smallest absolute Gasteiger partial charge is 0.284 e. The van der Waals surface area contributed by atoms with Crippen LogP contribution in [0.1, 0.15) is 60.6 Å². The molecule has 0 aromatic heterocycles. The van der Waals surface area contributed by atoms with E-state index < -0.39 is 5.91 Å². The number of rotatable bonds is 8. The first kappa shape index (κ1) is 24.3. The predicted octanol–water partition coefficient (Wildman–Crippen LogP) is 4.22. The summed E-state index contributed by atoms with van der Waals surface area (Å²) in [5, 5.41) is 12.9. The highest BCUT2D eigenvalue weighted by molar-refractivity contribution is 6.05. The number of ether oxygens (including phenoxy) is 1. The van der Waals surface area contributed by atoms with Crippen molar-refractivity contribution in [2.24, 2.45) is 5.16 Å². The lowest BCUT2D eigenvalue weighted by Crippen LogP contribution is -2.23. The van der Waals surface area contributed by atoms with Gasteiger partial charge in [-0.15, -0.1) is 0 Å². The van der Waals surface area contributed by atoms with Crippen molar-refractivity contribution in [2.45, 2.75) is 52.9 Å². The molecule has 0 atom stereocenters. The number of aryl methyl sites for hydroxylation is 2. The molecule has 2 aromatic carbocycles. The maximum atomic E-state index is 11.3. The van der Waals surface area contributed by atoms with Gasteiger partial charge >= 0.3 is 0 Å². The minimum atomic E-state index is -0.662. The van der Waals surface area contributed by atoms with E-state index in [9.17, 15) is 4.79 Å². The topological polar surface area (TPSA) is 106 Å². The van der Waals surface area contributed by atoms with Gasteiger partial charge in [0, 0.05) is 11.3 Å². The first-order valence-corrected chi connectivity index (χ1v) is 11.4. The lowest BCUT2D eigenvalue weighted by Gasteiger charge is -2.21. The maximum absolute atomic E-state index is 11.3. The summed E-state index contributed by atoms with van der Waals surface area (Å²) in [4.78, 5) is 16.5. The molecule has 7 heteroatoms. The molecule has 1 aliphatic carbocycles. The van der Waals surface area contributed by atoms with Gasteiger partial charge in [-0.25, -0.2) is 5.48 Å². The molecule has 0 saturated carbocycles. The molecule has 0 radical (unpaired) electrons. The number of nitrogens with zero attached hydrogens (tertiary/aromatic N) is 1. The molecule has 176 valence electrons. The summed E-state index contributed by atoms with van der Waals surface area (Å²) >= 11 is 0. The third-order valence-corrected chi connectivity index (χ3v) is 6.09. The molecule has 0 spiro atoms. The Morgan fingerprint density at radius 3 is 2.48 bits per heavy atom. The molecular formula is C26H33N3O4. The Kier molecular flexibility index (Phi) is 8.11. The van der Waals surface area contributed by atoms with Crippen LogP contribution in [0.4, 0.5) is 5.69 Å². The molecule has 0 bridgehead atoms. The van der Waals surface area contributed by atoms with Crippen LogP contribution < -0.4 is 16.0 Å². The number of amides is 1. The van der Waals surface area contributed by atoms with E-state index in [2.05, 4.69) is 44.1 Å². The Balaban J connectivity index is 2.20. The molecule has 7 nitrogen and oxygen atoms in total. The Bertz CT molecular complexity index is 1090. The zero-order chi connectivity index (χ0) is 24.0. The second kappa shape index (κ2) is 11.0. The number of nitrogens with one attached hydrogen (secondary N) is 1. The number of nitrogen functional groups attached to an aromatic ring is 1. The molecular weight excluding hydrogens is 418 g/mol. The maximum Gasteiger partial charge on any atom is 0.284 e. The fourth-order valence-corrected chi connectivity index (χ4v) is 4.41. The number of nitrogens with two attached hydrogens (primary N) is 1. The lowest BCUT2D eigenvalue weighted by molar-refractivity contribution is -0.133. The molecule has 2 aromatic rings. The van der Waals surface area contributed by atoms with Gasteiger partial charge in [-0.3, -0.25) is 10.0 Å². The summed E-state index contributed by atoms with van der Waals surface area (Å²) in [6, 6.07) is 8.41. The molecule has 33 heavy (non-hydrogen) atoms. The van der Waals surface area contributed by atoms with E-state index in [0.29, 0.717) is 18.6 Å². The van der Waals surface area contributed by atoms with Crippen LogP contribution in [0.3, 0.4) is 0 Å². The van der Waals surface area contributed by atoms with Crippen molar-refractivity contribution in [1.82, 2.24) is 5.48 Å². The Morgan fingerprint density at radius 2 is 1.88 bits per heavy atom. The van der Waals surface area contributed by atoms with Crippen LogP contribution in [0, 0.1) is 0 Å². The van der Waals surface area contributed by atoms with E-state index in [1.54, 1.807) is 12.6 Å². The van der Waals surface area contributed by atoms with Crippen molar-refractivity contribution in [3.63, 3.8) is 0 Å². The van der Waals surface area contributed by atoms with Crippen molar-refractivity contribution in [3.05, 3.63) is 63.7 Å². The third kappa shape index (κ3) is 5.20. The van der Waals surface area contributed by atoms with Crippen molar-refractivity contribution >= 4 is 22.9 Å². The largest absolute Gasteiger partial charge is 0.496 e. The summed E-state index contributed by atoms with van der Waals surface area (Å²) in [5.74, 6) is 0.267. The van der Waals surface area contributed by atoms with Gasteiger partial charge in [0.05, 0.1) is 12.8 Å². The second-order valence-electron chi connectivity index (χ2n) is 8.00. The number of methoxy groups -OCH3 is 1. The average molecular weight is 452 g/mol. The van der Waals surface area contributed by atoms with E-state index in [-0.39, 0.29) is 6.61 Å². The number of benzene rings is 2. The minimum absolute atomic E-state index is 0.364. The minimum Gasteiger partial charge on any atom is -0.496 e. The first-order valence-electron chi connectivity index (χ1n) is 11.4. The highest BCUT2D eigenvalue weighted by Crippen LogP contribution is 2.40. The number of allylic oxidation sites excluding steroid dienone is 1. The number of hydroxylamine groups is 1. The van der Waals surface area contributed by atoms with Gasteiger partial charge in [-0.1, -0.05) is 44.1 Å². The number of carbonyl (C=O) groups is 1. The number of oxime groups is 1. The average Bonchev–Trinajstić information content (AvgIpc) is 3.01. The molecule has 3 rings (SSSR count). The van der Waals surface area contributed by atoms with Gasteiger partial charge in [-0.05, 0) is 77.6 Å². The van der Waals surface area contributed by atoms with Gasteiger partial charge in [0.1, 0.15) is 5.75 Å². The van der Waals surface area contributed by atoms with Crippen LogP contribution in [-0.2, 0) is 35.3 Å². The number of hydrogen-bond donors (Lipinski definition) is 3. The molecule has 0 saturated heterocycles. The van der Waals surface area contributed by atoms with Gasteiger partial charge in [0.25, 0.3) is 5.91 Å². The fourth-order valence-electron chi connectivity index (χ4n) is 4.41. The Morgan fingerprint density at radius 1 is 1.12 bits per heavy atom. The van der Waals surface area contributed by atoms with Crippen LogP contribution >= 0.6 is 0 Å². The van der Waals surface area contributed by atoms with Crippen molar-refractivity contribution in [3.8, 4) is 5.75 Å². The van der Waals surface area contributed by atoms with Gasteiger partial charge in [-0.2, -0.15) is 0 Å². The van der Waals surface area contributed by atoms with Crippen LogP contribution in [-0.4, -0.2) is 30.5 Å². The molecule has 0 fully saturated rings. The summed E-state index contributed by atoms with van der Waals surface area (Å²) in [7, 11) is 1.72. The zero-order valence-corrected chi connectivity index (χ0v) is 19.8. The van der Waals surface area contributed by atoms with E-state index in [1.165, 1.54) is 11.1 Å². The second-order valence-corrected chi connectivity index (χ2v) is 8.00. The van der Waals surface area contributed by atoms with E-state index in [0.717, 1.165) is 58.5 Å². The van der Waals surface area contributed by atoms with E-state index >= 15 is 0 Å². The molecule has 1 aliphatic rings. The Hall–Kier alpha value is -3.32. The van der Waals surface area contributed by atoms with E-state index in [1.807, 2.05) is 12.1 Å². The lowest BCUT2D eigenvalue weighted by atomic mass is 9.87. The quantitative estimate of drug-likeness (QED) is 0.317. The fraction of sp³-hybridized carbons (Fsp3) is 0.385. The normalized spacial score (nSPS) is 14.3. The monoisotopic (exact) mass is 451 g/mol. The molecule has 0 heterocycles. The van der Waals surface area contributed by atoms with Crippen molar-refractivity contribution in [1.29, 1.82) is 0 Å². The number of carbonyl (C=O) groups excluding carboxylic acids is 1. The van der Waals surface area contributed by atoms with Crippen LogP contribution in [0.2, 0.25) is 0 Å². The predicted molar refractivity (Wildman–Crippen MR) is 131 cm³/mol. The van der Waals surface area contributed by atoms with E-state index in [4.69, 9.17) is 20.5 Å². The van der Waals surface area contributed by atoms with Crippen LogP contribution in [0.15, 0.2) is 35.5 Å². The summed E-state index contributed by atoms with van der Waals surface area (Å²) in [6.45, 7) is 6.02. The van der Waals surface area contributed by atoms with Gasteiger partial charge < -0.3 is 15.3 Å². The third-order valence-electron chi connectivity index (χ3n) is 6.09. The van der Waals surface area contributed by atoms with Crippen molar-refractivity contribution in [2.75, 3.05) is 19.5 Å². The number of hydrogen-bond acceptors (Lipinski definition) is 6. The summed E-state index contributed by atoms with van der Waals surface area (Å²) < 4.78 is 5.94. The zero-order valence-electron chi connectivity index (χ0n) is 19.8. The number of anilines is 1. The highest BCUT2D eigenvalue weighted by atomic mass is 16.6. The van der Waals surface area contributed by atoms with Gasteiger partial charge in [0.2, 0.25) is 0 Å². The standard InChI is InChI=1S/C26H33N3O4/c1-5-16-8-9-18(13-24(16)27)22-14-19(29-33-15-25(30)28-31)10-11-21-23(22)12-17(6-2)20(7-3)26(21)32-4/h8-9,12-14,31H,5-7,10-11,15,27H2,1-4H3,(H,28,30)/b29-19+. The SMILES string of the molecule is CCc1ccc(C2=C/C(=N/OCC(=O)NO)CCc3c2cc(CC)c(CC)c3OC)cc1N. The summed E-state index contributed by atoms with van der Waals surface area (Å²) in [6.07, 6.45) is 5.97. The molecule has 4 N–H and O–H groups in total. The Labute approximate surface area is 195 Å². The first-order chi connectivity index (χ1) is 16.0. The summed E-state index contributed by atoms with van der Waals surface area (Å²) in [5.41, 5.74) is 17.1. The molecule has 0 unspecified atom stereocenters. The highest BCUT2D eigenvalue weighted by Gasteiger charge is 2.24. The van der Waals surface area contributed by atoms with Crippen molar-refractivity contribution < 1.29 is 19.6 Å². The number of fused-ring (bicyclic) bond motifs is 1. The van der Waals surface area contributed by atoms with Gasteiger partial charge in [0.15, 0.2) is 6.61 Å².